The molecule has 2 aromatic heterocycles. The number of rotatable bonds is 3. The van der Waals surface area contributed by atoms with E-state index in [0.29, 0.717) is 32.9 Å². The van der Waals surface area contributed by atoms with Crippen molar-refractivity contribution in [1.82, 2.24) is 9.97 Å². The number of carbonyl (C=O) groups excluding carboxylic acids is 1. The van der Waals surface area contributed by atoms with E-state index in [0.717, 1.165) is 11.3 Å². The number of H-pyrrole nitrogens is 1. The van der Waals surface area contributed by atoms with Crippen LogP contribution in [0.2, 0.25) is 0 Å². The number of nitrogens with zero attached hydrogens (tertiary/aromatic N) is 1. The summed E-state index contributed by atoms with van der Waals surface area (Å²) < 4.78 is 4.46. The molecule has 112 valence electrons. The van der Waals surface area contributed by atoms with E-state index in [1.807, 2.05) is 0 Å². The Balaban J connectivity index is 1.87. The van der Waals surface area contributed by atoms with E-state index < -0.39 is 10.3 Å². The van der Waals surface area contributed by atoms with E-state index in [1.54, 1.807) is 13.8 Å². The van der Waals surface area contributed by atoms with Gasteiger partial charge in [-0.05, 0) is 25.8 Å². The van der Waals surface area contributed by atoms with Gasteiger partial charge in [-0.2, -0.15) is 0 Å². The summed E-state index contributed by atoms with van der Waals surface area (Å²) in [6, 6.07) is 0. The highest BCUT2D eigenvalue weighted by Gasteiger charge is 2.52. The SMILES string of the molecule is Cc1nc2sc(C(=O)OCC3CC3(Cl)Cl)c(C)c2c(=O)[nH]1. The molecule has 0 aliphatic heterocycles. The van der Waals surface area contributed by atoms with Crippen LogP contribution < -0.4 is 5.56 Å². The average molecular weight is 347 g/mol. The first-order valence-corrected chi connectivity index (χ1v) is 7.92. The van der Waals surface area contributed by atoms with E-state index in [2.05, 4.69) is 9.97 Å². The van der Waals surface area contributed by atoms with E-state index in [4.69, 9.17) is 27.9 Å². The topological polar surface area (TPSA) is 72.0 Å². The fourth-order valence-electron chi connectivity index (χ4n) is 2.14. The van der Waals surface area contributed by atoms with Crippen molar-refractivity contribution < 1.29 is 9.53 Å². The fraction of sp³-hybridized carbons (Fsp3) is 0.462. The number of aromatic amines is 1. The molecule has 21 heavy (non-hydrogen) atoms. The minimum Gasteiger partial charge on any atom is -0.461 e. The maximum Gasteiger partial charge on any atom is 0.348 e. The molecule has 0 radical (unpaired) electrons. The predicted molar refractivity (Wildman–Crippen MR) is 82.5 cm³/mol. The number of nitrogens with one attached hydrogen (secondary N) is 1. The summed E-state index contributed by atoms with van der Waals surface area (Å²) in [6.07, 6.45) is 0.620. The maximum atomic E-state index is 12.1. The first-order valence-electron chi connectivity index (χ1n) is 6.34. The van der Waals surface area contributed by atoms with Crippen LogP contribution in [-0.2, 0) is 4.74 Å². The van der Waals surface area contributed by atoms with Gasteiger partial charge >= 0.3 is 5.97 Å². The van der Waals surface area contributed by atoms with E-state index in [1.165, 1.54) is 0 Å². The van der Waals surface area contributed by atoms with Gasteiger partial charge in [-0.1, -0.05) is 0 Å². The third kappa shape index (κ3) is 2.67. The molecule has 1 N–H and O–H groups in total. The summed E-state index contributed by atoms with van der Waals surface area (Å²) in [7, 11) is 0. The summed E-state index contributed by atoms with van der Waals surface area (Å²) in [6.45, 7) is 3.59. The monoisotopic (exact) mass is 346 g/mol. The number of hydrogen-bond acceptors (Lipinski definition) is 5. The summed E-state index contributed by atoms with van der Waals surface area (Å²) >= 11 is 12.9. The Bertz CT molecular complexity index is 797. The number of fused-ring (bicyclic) bond motifs is 1. The molecule has 0 saturated heterocycles. The molecule has 2 aromatic rings. The highest BCUT2D eigenvalue weighted by molar-refractivity contribution is 7.20. The van der Waals surface area contributed by atoms with Gasteiger partial charge in [0.1, 0.15) is 19.9 Å². The summed E-state index contributed by atoms with van der Waals surface area (Å²) in [4.78, 5) is 31.9. The van der Waals surface area contributed by atoms with Crippen LogP contribution in [0, 0.1) is 19.8 Å². The molecule has 0 amide bonds. The zero-order chi connectivity index (χ0) is 15.4. The lowest BCUT2D eigenvalue weighted by molar-refractivity contribution is 0.0490. The van der Waals surface area contributed by atoms with E-state index in [9.17, 15) is 9.59 Å². The van der Waals surface area contributed by atoms with Crippen LogP contribution in [0.4, 0.5) is 0 Å². The van der Waals surface area contributed by atoms with Gasteiger partial charge in [0.15, 0.2) is 0 Å². The van der Waals surface area contributed by atoms with E-state index in [-0.39, 0.29) is 18.1 Å². The van der Waals surface area contributed by atoms with Gasteiger partial charge in [-0.3, -0.25) is 4.79 Å². The van der Waals surface area contributed by atoms with Crippen molar-refractivity contribution in [2.24, 2.45) is 5.92 Å². The minimum atomic E-state index is -0.773. The van der Waals surface area contributed by atoms with Gasteiger partial charge in [-0.25, -0.2) is 9.78 Å². The number of alkyl halides is 2. The Kier molecular flexibility index (Phi) is 3.50. The molecule has 1 atom stereocenters. The number of ether oxygens (including phenoxy) is 1. The second-order valence-electron chi connectivity index (χ2n) is 5.15. The molecule has 0 spiro atoms. The first-order chi connectivity index (χ1) is 9.79. The smallest absolute Gasteiger partial charge is 0.348 e. The van der Waals surface area contributed by atoms with Crippen molar-refractivity contribution in [2.75, 3.05) is 6.61 Å². The van der Waals surface area contributed by atoms with Crippen LogP contribution in [0.1, 0.15) is 27.5 Å². The summed E-state index contributed by atoms with van der Waals surface area (Å²) in [5, 5.41) is 0.438. The van der Waals surface area contributed by atoms with Crippen molar-refractivity contribution in [1.29, 1.82) is 0 Å². The van der Waals surface area contributed by atoms with Crippen molar-refractivity contribution in [3.05, 3.63) is 26.6 Å². The maximum absolute atomic E-state index is 12.1. The number of thiophene rings is 1. The third-order valence-corrected chi connectivity index (χ3v) is 5.57. The van der Waals surface area contributed by atoms with Crippen LogP contribution in [0.3, 0.4) is 0 Å². The molecular weight excluding hydrogens is 335 g/mol. The Morgan fingerprint density at radius 1 is 1.52 bits per heavy atom. The number of aromatic nitrogens is 2. The van der Waals surface area contributed by atoms with Gasteiger partial charge in [0.05, 0.1) is 12.0 Å². The van der Waals surface area contributed by atoms with Gasteiger partial charge in [0, 0.05) is 5.92 Å². The zero-order valence-electron chi connectivity index (χ0n) is 11.3. The van der Waals surface area contributed by atoms with Crippen LogP contribution in [0.15, 0.2) is 4.79 Å². The lowest BCUT2D eigenvalue weighted by Gasteiger charge is -2.03. The standard InChI is InChI=1S/C13H12Cl2N2O3S/c1-5-8-10(18)16-6(2)17-11(8)21-9(5)12(19)20-4-7-3-13(7,14)15/h7H,3-4H2,1-2H3,(H,16,17,18). The normalized spacial score (nSPS) is 19.7. The molecule has 1 fully saturated rings. The molecule has 8 heteroatoms. The Morgan fingerprint density at radius 2 is 2.19 bits per heavy atom. The zero-order valence-corrected chi connectivity index (χ0v) is 13.7. The van der Waals surface area contributed by atoms with Gasteiger partial charge in [0.2, 0.25) is 0 Å². The molecule has 2 heterocycles. The number of carbonyl (C=O) groups is 1. The average Bonchev–Trinajstić information content (AvgIpc) is 2.84. The molecule has 1 aliphatic rings. The molecule has 5 nitrogen and oxygen atoms in total. The van der Waals surface area contributed by atoms with Crippen LogP contribution in [0.25, 0.3) is 10.2 Å². The Morgan fingerprint density at radius 3 is 2.81 bits per heavy atom. The van der Waals surface area contributed by atoms with Crippen molar-refractivity contribution in [3.63, 3.8) is 0 Å². The highest BCUT2D eigenvalue weighted by atomic mass is 35.5. The molecule has 0 aromatic carbocycles. The van der Waals surface area contributed by atoms with Gasteiger partial charge < -0.3 is 9.72 Å². The van der Waals surface area contributed by atoms with E-state index >= 15 is 0 Å². The Hall–Kier alpha value is -1.11. The van der Waals surface area contributed by atoms with Crippen molar-refractivity contribution in [2.45, 2.75) is 24.6 Å². The molecule has 0 bridgehead atoms. The minimum absolute atomic E-state index is 0.0248. The summed E-state index contributed by atoms with van der Waals surface area (Å²) in [5.41, 5.74) is 0.348. The number of esters is 1. The van der Waals surface area contributed by atoms with Crippen LogP contribution in [-0.4, -0.2) is 26.9 Å². The second-order valence-corrected chi connectivity index (χ2v) is 7.69. The molecule has 1 unspecified atom stereocenters. The molecular formula is C13H12Cl2N2O3S. The van der Waals surface area contributed by atoms with Gasteiger partial charge in [-0.15, -0.1) is 34.5 Å². The molecule has 1 saturated carbocycles. The molecule has 3 rings (SSSR count). The highest BCUT2D eigenvalue weighted by Crippen LogP contribution is 2.53. The number of halogens is 2. The van der Waals surface area contributed by atoms with Crippen LogP contribution >= 0.6 is 34.5 Å². The number of aryl methyl sites for hydroxylation is 2. The van der Waals surface area contributed by atoms with Crippen LogP contribution in [0.5, 0.6) is 0 Å². The number of hydrogen-bond donors (Lipinski definition) is 1. The third-order valence-electron chi connectivity index (χ3n) is 3.48. The molecule has 1 aliphatic carbocycles. The lowest BCUT2D eigenvalue weighted by atomic mass is 10.2. The predicted octanol–water partition coefficient (Wildman–Crippen LogP) is 2.95. The van der Waals surface area contributed by atoms with Gasteiger partial charge in [0.25, 0.3) is 5.56 Å². The second kappa shape index (κ2) is 4.97. The van der Waals surface area contributed by atoms with Crippen molar-refractivity contribution >= 4 is 50.7 Å². The fourth-order valence-corrected chi connectivity index (χ4v) is 3.76. The Labute approximate surface area is 134 Å². The largest absolute Gasteiger partial charge is 0.461 e. The first kappa shape index (κ1) is 14.8. The quantitative estimate of drug-likeness (QED) is 0.684. The lowest BCUT2D eigenvalue weighted by Crippen LogP contribution is -2.11. The van der Waals surface area contributed by atoms with Crippen molar-refractivity contribution in [3.8, 4) is 0 Å². The summed E-state index contributed by atoms with van der Waals surface area (Å²) in [5.74, 6) is 0.0209.